The van der Waals surface area contributed by atoms with Gasteiger partial charge in [0, 0.05) is 11.3 Å². The van der Waals surface area contributed by atoms with E-state index in [1.807, 2.05) is 0 Å². The second kappa shape index (κ2) is 3.24. The van der Waals surface area contributed by atoms with E-state index in [9.17, 15) is 4.21 Å². The van der Waals surface area contributed by atoms with E-state index in [1.54, 1.807) is 6.07 Å². The molecular formula is C7H7Cl2NOS. The fraction of sp³-hybridized carbons (Fsp3) is 0.143. The topological polar surface area (TPSA) is 40.9 Å². The maximum atomic E-state index is 11.3. The van der Waals surface area contributed by atoms with Gasteiger partial charge in [-0.1, -0.05) is 23.2 Å². The standard InChI is InChI=1S/C7H7Cl2NOS/c1-12(10,11)7-4-5(8)2-3-6(7)9/h2-4,10H,1H3/t12-/m0/s1. The van der Waals surface area contributed by atoms with Crippen LogP contribution < -0.4 is 0 Å². The van der Waals surface area contributed by atoms with Gasteiger partial charge >= 0.3 is 0 Å². The predicted octanol–water partition coefficient (Wildman–Crippen LogP) is 3.03. The van der Waals surface area contributed by atoms with Crippen molar-refractivity contribution in [2.45, 2.75) is 4.90 Å². The van der Waals surface area contributed by atoms with Gasteiger partial charge in [0.25, 0.3) is 0 Å². The number of halogens is 2. The number of nitrogens with one attached hydrogen (secondary N) is 1. The molecule has 2 nitrogen and oxygen atoms in total. The van der Waals surface area contributed by atoms with Crippen molar-refractivity contribution in [1.82, 2.24) is 0 Å². The van der Waals surface area contributed by atoms with Gasteiger partial charge in [-0.15, -0.1) is 0 Å². The largest absolute Gasteiger partial charge is 0.249 e. The van der Waals surface area contributed by atoms with E-state index >= 15 is 0 Å². The Morgan fingerprint density at radius 3 is 2.42 bits per heavy atom. The summed E-state index contributed by atoms with van der Waals surface area (Å²) < 4.78 is 18.6. The fourth-order valence-corrected chi connectivity index (χ4v) is 2.36. The third kappa shape index (κ3) is 2.12. The highest BCUT2D eigenvalue weighted by molar-refractivity contribution is 7.91. The van der Waals surface area contributed by atoms with Crippen molar-refractivity contribution >= 4 is 32.9 Å². The molecular weight excluding hydrogens is 217 g/mol. The van der Waals surface area contributed by atoms with Crippen molar-refractivity contribution < 1.29 is 4.21 Å². The summed E-state index contributed by atoms with van der Waals surface area (Å²) in [5, 5.41) is 0.762. The van der Waals surface area contributed by atoms with Crippen LogP contribution in [0.15, 0.2) is 23.1 Å². The van der Waals surface area contributed by atoms with E-state index in [-0.39, 0.29) is 4.90 Å². The van der Waals surface area contributed by atoms with Gasteiger partial charge in [0.2, 0.25) is 0 Å². The Labute approximate surface area is 81.5 Å². The molecule has 0 saturated carbocycles. The first-order valence-corrected chi connectivity index (χ1v) is 5.82. The van der Waals surface area contributed by atoms with Gasteiger partial charge in [-0.05, 0) is 18.2 Å². The van der Waals surface area contributed by atoms with Crippen LogP contribution in [0.2, 0.25) is 10.0 Å². The SMILES string of the molecule is C[S@](=N)(=O)c1cc(Cl)ccc1Cl. The van der Waals surface area contributed by atoms with Crippen LogP contribution in [-0.2, 0) is 9.73 Å². The Kier molecular flexibility index (Phi) is 2.66. The van der Waals surface area contributed by atoms with E-state index in [0.29, 0.717) is 10.0 Å². The summed E-state index contributed by atoms with van der Waals surface area (Å²) in [7, 11) is -2.77. The molecule has 0 fully saturated rings. The molecule has 12 heavy (non-hydrogen) atoms. The fourth-order valence-electron chi connectivity index (χ4n) is 0.776. The molecule has 0 unspecified atom stereocenters. The van der Waals surface area contributed by atoms with Gasteiger partial charge < -0.3 is 0 Å². The lowest BCUT2D eigenvalue weighted by Gasteiger charge is -2.03. The van der Waals surface area contributed by atoms with Gasteiger partial charge in [0.15, 0.2) is 0 Å². The highest BCUT2D eigenvalue weighted by atomic mass is 35.5. The van der Waals surface area contributed by atoms with Crippen molar-refractivity contribution in [3.05, 3.63) is 28.2 Å². The molecule has 0 aromatic heterocycles. The van der Waals surface area contributed by atoms with Gasteiger partial charge in [0.05, 0.1) is 19.6 Å². The first-order valence-electron chi connectivity index (χ1n) is 3.10. The molecule has 1 N–H and O–H groups in total. The maximum Gasteiger partial charge on any atom is 0.0712 e. The zero-order valence-corrected chi connectivity index (χ0v) is 8.63. The lowest BCUT2D eigenvalue weighted by molar-refractivity contribution is 0.679. The maximum absolute atomic E-state index is 11.3. The summed E-state index contributed by atoms with van der Waals surface area (Å²) in [5.74, 6) is 0. The van der Waals surface area contributed by atoms with Crippen LogP contribution in [0.3, 0.4) is 0 Å². The summed E-state index contributed by atoms with van der Waals surface area (Å²) in [4.78, 5) is 0.289. The second-order valence-corrected chi connectivity index (χ2v) is 5.39. The molecule has 0 radical (unpaired) electrons. The molecule has 1 aromatic rings. The quantitative estimate of drug-likeness (QED) is 0.782. The number of hydrogen-bond donors (Lipinski definition) is 1. The molecule has 0 aliphatic rings. The second-order valence-electron chi connectivity index (χ2n) is 2.42. The van der Waals surface area contributed by atoms with E-state index in [1.165, 1.54) is 18.4 Å². The summed E-state index contributed by atoms with van der Waals surface area (Å²) in [6.45, 7) is 0. The minimum absolute atomic E-state index is 0.289. The van der Waals surface area contributed by atoms with Gasteiger partial charge in [-0.3, -0.25) is 0 Å². The molecule has 0 bridgehead atoms. The first-order chi connectivity index (χ1) is 5.41. The molecule has 0 aliphatic carbocycles. The molecule has 1 aromatic carbocycles. The minimum atomic E-state index is -2.77. The molecule has 0 saturated heterocycles. The molecule has 1 rings (SSSR count). The summed E-state index contributed by atoms with van der Waals surface area (Å²) >= 11 is 11.4. The third-order valence-electron chi connectivity index (χ3n) is 1.31. The zero-order valence-electron chi connectivity index (χ0n) is 6.30. The predicted molar refractivity (Wildman–Crippen MR) is 51.5 cm³/mol. The molecule has 0 aliphatic heterocycles. The molecule has 66 valence electrons. The van der Waals surface area contributed by atoms with Crippen LogP contribution in [0, 0.1) is 4.78 Å². The van der Waals surface area contributed by atoms with Crippen LogP contribution in [0.5, 0.6) is 0 Å². The Morgan fingerprint density at radius 2 is 2.00 bits per heavy atom. The smallest absolute Gasteiger partial charge is 0.0712 e. The first kappa shape index (κ1) is 9.84. The highest BCUT2D eigenvalue weighted by Crippen LogP contribution is 2.24. The average Bonchev–Trinajstić information content (AvgIpc) is 1.92. The van der Waals surface area contributed by atoms with Gasteiger partial charge in [0.1, 0.15) is 0 Å². The van der Waals surface area contributed by atoms with Crippen LogP contribution in [0.4, 0.5) is 0 Å². The zero-order chi connectivity index (χ0) is 9.35. The normalized spacial score (nSPS) is 15.6. The van der Waals surface area contributed by atoms with Crippen LogP contribution in [-0.4, -0.2) is 10.5 Å². The van der Waals surface area contributed by atoms with Crippen molar-refractivity contribution in [3.63, 3.8) is 0 Å². The lowest BCUT2D eigenvalue weighted by atomic mass is 10.4. The van der Waals surface area contributed by atoms with Crippen LogP contribution >= 0.6 is 23.2 Å². The van der Waals surface area contributed by atoms with E-state index in [2.05, 4.69) is 0 Å². The Balaban J connectivity index is 3.43. The number of rotatable bonds is 1. The minimum Gasteiger partial charge on any atom is -0.249 e. The highest BCUT2D eigenvalue weighted by Gasteiger charge is 2.08. The number of hydrogen-bond acceptors (Lipinski definition) is 2. The van der Waals surface area contributed by atoms with E-state index < -0.39 is 9.73 Å². The van der Waals surface area contributed by atoms with Crippen LogP contribution in [0.1, 0.15) is 0 Å². The number of benzene rings is 1. The van der Waals surface area contributed by atoms with Gasteiger partial charge in [-0.2, -0.15) is 0 Å². The summed E-state index contributed by atoms with van der Waals surface area (Å²) in [6, 6.07) is 4.59. The molecule has 0 spiro atoms. The Morgan fingerprint density at radius 1 is 1.42 bits per heavy atom. The van der Waals surface area contributed by atoms with Crippen molar-refractivity contribution in [1.29, 1.82) is 4.78 Å². The van der Waals surface area contributed by atoms with Crippen molar-refractivity contribution in [2.75, 3.05) is 6.26 Å². The third-order valence-corrected chi connectivity index (χ3v) is 3.17. The van der Waals surface area contributed by atoms with Crippen molar-refractivity contribution in [3.8, 4) is 0 Å². The Hall–Kier alpha value is -0.250. The average molecular weight is 224 g/mol. The Bertz CT molecular complexity index is 400. The monoisotopic (exact) mass is 223 g/mol. The molecule has 0 amide bonds. The van der Waals surface area contributed by atoms with E-state index in [0.717, 1.165) is 0 Å². The van der Waals surface area contributed by atoms with Crippen LogP contribution in [0.25, 0.3) is 0 Å². The van der Waals surface area contributed by atoms with Gasteiger partial charge in [-0.25, -0.2) is 8.99 Å². The molecule has 0 heterocycles. The summed E-state index contributed by atoms with van der Waals surface area (Å²) in [5.41, 5.74) is 0. The lowest BCUT2D eigenvalue weighted by Crippen LogP contribution is -1.95. The van der Waals surface area contributed by atoms with Crippen molar-refractivity contribution in [2.24, 2.45) is 0 Å². The molecule has 5 heteroatoms. The molecule has 1 atom stereocenters. The summed E-state index contributed by atoms with van der Waals surface area (Å²) in [6.07, 6.45) is 1.31. The van der Waals surface area contributed by atoms with E-state index in [4.69, 9.17) is 28.0 Å².